The molecule has 2 N–H and O–H groups in total. The van der Waals surface area contributed by atoms with Gasteiger partial charge in [0, 0.05) is 11.3 Å². The summed E-state index contributed by atoms with van der Waals surface area (Å²) < 4.78 is 3.03. The van der Waals surface area contributed by atoms with Crippen molar-refractivity contribution in [2.24, 2.45) is 0 Å². The predicted octanol–water partition coefficient (Wildman–Crippen LogP) is 3.35. The number of nitrogens with zero attached hydrogens (tertiary/aromatic N) is 2. The molecule has 0 fully saturated rings. The Balaban J connectivity index is 2.31. The molecule has 3 rings (SSSR count). The molecule has 0 unspecified atom stereocenters. The van der Waals surface area contributed by atoms with E-state index in [4.69, 9.17) is 5.73 Å². The maximum absolute atomic E-state index is 5.80. The van der Waals surface area contributed by atoms with Gasteiger partial charge in [-0.15, -0.1) is 0 Å². The van der Waals surface area contributed by atoms with E-state index in [1.807, 2.05) is 48.7 Å². The average molecular weight is 288 g/mol. The van der Waals surface area contributed by atoms with Crippen LogP contribution in [0.25, 0.3) is 16.9 Å². The fourth-order valence-electron chi connectivity index (χ4n) is 1.89. The molecule has 4 heteroatoms. The lowest BCUT2D eigenvalue weighted by atomic mass is 10.2. The third-order valence-corrected chi connectivity index (χ3v) is 3.27. The number of nitrogens with two attached hydrogens (primary N) is 1. The first kappa shape index (κ1) is 10.4. The fourth-order valence-corrected chi connectivity index (χ4v) is 2.41. The molecule has 17 heavy (non-hydrogen) atoms. The highest BCUT2D eigenvalue weighted by atomic mass is 79.9. The largest absolute Gasteiger partial charge is 0.399 e. The van der Waals surface area contributed by atoms with Crippen LogP contribution in [0, 0.1) is 0 Å². The number of pyridine rings is 1. The van der Waals surface area contributed by atoms with Crippen molar-refractivity contribution >= 4 is 27.1 Å². The summed E-state index contributed by atoms with van der Waals surface area (Å²) in [4.78, 5) is 4.44. The molecule has 2 aromatic heterocycles. The highest BCUT2D eigenvalue weighted by Crippen LogP contribution is 2.25. The summed E-state index contributed by atoms with van der Waals surface area (Å²) in [7, 11) is 0. The standard InChI is InChI=1S/C13H10BrN3/c14-12-6-2-5-11-8-16-13(17(11)12)9-3-1-4-10(15)7-9/h1-8H,15H2. The van der Waals surface area contributed by atoms with Crippen molar-refractivity contribution in [2.75, 3.05) is 5.73 Å². The van der Waals surface area contributed by atoms with Crippen LogP contribution in [-0.4, -0.2) is 9.38 Å². The van der Waals surface area contributed by atoms with Crippen LogP contribution in [0.1, 0.15) is 0 Å². The molecule has 0 radical (unpaired) electrons. The van der Waals surface area contributed by atoms with Crippen molar-refractivity contribution < 1.29 is 0 Å². The van der Waals surface area contributed by atoms with Crippen LogP contribution < -0.4 is 5.73 Å². The number of aromatic nitrogens is 2. The van der Waals surface area contributed by atoms with E-state index in [-0.39, 0.29) is 0 Å². The number of nitrogen functional groups attached to an aromatic ring is 1. The number of anilines is 1. The van der Waals surface area contributed by atoms with Crippen LogP contribution in [0.5, 0.6) is 0 Å². The predicted molar refractivity (Wildman–Crippen MR) is 72.7 cm³/mol. The molecule has 0 aliphatic heterocycles. The molecule has 0 bridgehead atoms. The Morgan fingerprint density at radius 2 is 1.94 bits per heavy atom. The summed E-state index contributed by atoms with van der Waals surface area (Å²) in [6.07, 6.45) is 1.85. The van der Waals surface area contributed by atoms with Gasteiger partial charge in [-0.3, -0.25) is 4.40 Å². The number of rotatable bonds is 1. The lowest BCUT2D eigenvalue weighted by Gasteiger charge is -2.04. The number of benzene rings is 1. The zero-order valence-electron chi connectivity index (χ0n) is 8.97. The number of imidazole rings is 1. The maximum Gasteiger partial charge on any atom is 0.145 e. The third kappa shape index (κ3) is 1.70. The zero-order valence-corrected chi connectivity index (χ0v) is 10.6. The summed E-state index contributed by atoms with van der Waals surface area (Å²) in [5.74, 6) is 0.889. The van der Waals surface area contributed by atoms with Gasteiger partial charge in [0.2, 0.25) is 0 Å². The van der Waals surface area contributed by atoms with Gasteiger partial charge in [0.1, 0.15) is 5.82 Å². The molecular weight excluding hydrogens is 278 g/mol. The first-order chi connectivity index (χ1) is 8.25. The molecule has 0 aliphatic carbocycles. The molecule has 3 aromatic rings. The van der Waals surface area contributed by atoms with Crippen LogP contribution in [-0.2, 0) is 0 Å². The molecule has 3 nitrogen and oxygen atoms in total. The lowest BCUT2D eigenvalue weighted by Crippen LogP contribution is -1.92. The molecule has 0 amide bonds. The van der Waals surface area contributed by atoms with E-state index in [0.29, 0.717) is 0 Å². The van der Waals surface area contributed by atoms with Crippen LogP contribution in [0.3, 0.4) is 0 Å². The van der Waals surface area contributed by atoms with Crippen LogP contribution >= 0.6 is 15.9 Å². The Labute approximate surface area is 107 Å². The minimum atomic E-state index is 0.742. The molecule has 2 heterocycles. The summed E-state index contributed by atoms with van der Waals surface area (Å²) in [6, 6.07) is 13.7. The van der Waals surface area contributed by atoms with Crippen molar-refractivity contribution in [1.82, 2.24) is 9.38 Å². The molecule has 0 aliphatic rings. The molecule has 0 spiro atoms. The van der Waals surface area contributed by atoms with Crippen LogP contribution in [0.4, 0.5) is 5.69 Å². The van der Waals surface area contributed by atoms with Gasteiger partial charge in [-0.2, -0.15) is 0 Å². The van der Waals surface area contributed by atoms with Gasteiger partial charge in [-0.1, -0.05) is 18.2 Å². The second kappa shape index (κ2) is 3.89. The van der Waals surface area contributed by atoms with E-state index >= 15 is 0 Å². The van der Waals surface area contributed by atoms with Gasteiger partial charge in [0.25, 0.3) is 0 Å². The van der Waals surface area contributed by atoms with Crippen molar-refractivity contribution in [3.8, 4) is 11.4 Å². The fraction of sp³-hybridized carbons (Fsp3) is 0. The van der Waals surface area contributed by atoms with Gasteiger partial charge in [0.05, 0.1) is 16.3 Å². The smallest absolute Gasteiger partial charge is 0.145 e. The number of hydrogen-bond donors (Lipinski definition) is 1. The first-order valence-corrected chi connectivity index (χ1v) is 6.03. The van der Waals surface area contributed by atoms with Crippen molar-refractivity contribution in [1.29, 1.82) is 0 Å². The van der Waals surface area contributed by atoms with E-state index < -0.39 is 0 Å². The third-order valence-electron chi connectivity index (χ3n) is 2.65. The monoisotopic (exact) mass is 287 g/mol. The normalized spacial score (nSPS) is 10.9. The van der Waals surface area contributed by atoms with Gasteiger partial charge in [-0.25, -0.2) is 4.98 Å². The van der Waals surface area contributed by atoms with Crippen molar-refractivity contribution in [2.45, 2.75) is 0 Å². The van der Waals surface area contributed by atoms with E-state index in [2.05, 4.69) is 25.3 Å². The quantitative estimate of drug-likeness (QED) is 0.551. The SMILES string of the molecule is Nc1cccc(-c2ncc3cccc(Br)n23)c1. The second-order valence-corrected chi connectivity index (χ2v) is 4.63. The van der Waals surface area contributed by atoms with Gasteiger partial charge in [-0.05, 0) is 40.2 Å². The van der Waals surface area contributed by atoms with Gasteiger partial charge >= 0.3 is 0 Å². The molecular formula is C13H10BrN3. The minimum absolute atomic E-state index is 0.742. The highest BCUT2D eigenvalue weighted by molar-refractivity contribution is 9.10. The molecule has 0 saturated heterocycles. The minimum Gasteiger partial charge on any atom is -0.399 e. The average Bonchev–Trinajstić information content (AvgIpc) is 2.74. The number of hydrogen-bond acceptors (Lipinski definition) is 2. The maximum atomic E-state index is 5.80. The first-order valence-electron chi connectivity index (χ1n) is 5.23. The van der Waals surface area contributed by atoms with Crippen LogP contribution in [0.2, 0.25) is 0 Å². The molecule has 0 saturated carbocycles. The summed E-state index contributed by atoms with van der Waals surface area (Å²) in [6.45, 7) is 0. The van der Waals surface area contributed by atoms with E-state index in [0.717, 1.165) is 27.2 Å². The van der Waals surface area contributed by atoms with E-state index in [1.54, 1.807) is 0 Å². The molecule has 84 valence electrons. The van der Waals surface area contributed by atoms with Gasteiger partial charge in [0.15, 0.2) is 0 Å². The molecule has 0 atom stereocenters. The summed E-state index contributed by atoms with van der Waals surface area (Å²) in [5, 5.41) is 0. The topological polar surface area (TPSA) is 43.3 Å². The Hall–Kier alpha value is -1.81. The second-order valence-electron chi connectivity index (χ2n) is 3.82. The molecule has 1 aromatic carbocycles. The summed E-state index contributed by atoms with van der Waals surface area (Å²) in [5.41, 5.74) is 8.60. The highest BCUT2D eigenvalue weighted by Gasteiger charge is 2.08. The van der Waals surface area contributed by atoms with Crippen LogP contribution in [0.15, 0.2) is 53.3 Å². The Kier molecular flexibility index (Phi) is 2.37. The van der Waals surface area contributed by atoms with E-state index in [9.17, 15) is 0 Å². The number of fused-ring (bicyclic) bond motifs is 1. The Morgan fingerprint density at radius 3 is 2.76 bits per heavy atom. The number of halogens is 1. The Bertz CT molecular complexity index is 688. The van der Waals surface area contributed by atoms with Crippen molar-refractivity contribution in [3.05, 3.63) is 53.3 Å². The lowest BCUT2D eigenvalue weighted by molar-refractivity contribution is 1.13. The summed E-state index contributed by atoms with van der Waals surface area (Å²) >= 11 is 3.53. The Morgan fingerprint density at radius 1 is 1.12 bits per heavy atom. The van der Waals surface area contributed by atoms with E-state index in [1.165, 1.54) is 0 Å². The van der Waals surface area contributed by atoms with Crippen molar-refractivity contribution in [3.63, 3.8) is 0 Å². The van der Waals surface area contributed by atoms with Gasteiger partial charge < -0.3 is 5.73 Å². The zero-order chi connectivity index (χ0) is 11.8.